The SMILES string of the molecule is C=CC(=O)NC(CC)N(C)C.COS(=O)(=O)c1ccccc1. The van der Waals surface area contributed by atoms with Crippen LogP contribution >= 0.6 is 0 Å². The second-order valence-electron chi connectivity index (χ2n) is 4.53. The van der Waals surface area contributed by atoms with E-state index in [0.717, 1.165) is 13.5 Å². The zero-order valence-corrected chi connectivity index (χ0v) is 14.3. The van der Waals surface area contributed by atoms with E-state index in [4.69, 9.17) is 0 Å². The van der Waals surface area contributed by atoms with Gasteiger partial charge >= 0.3 is 0 Å². The molecule has 0 heterocycles. The van der Waals surface area contributed by atoms with Crippen molar-refractivity contribution < 1.29 is 17.4 Å². The lowest BCUT2D eigenvalue weighted by Crippen LogP contribution is -2.43. The molecule has 7 heteroatoms. The second kappa shape index (κ2) is 10.1. The number of nitrogens with one attached hydrogen (secondary N) is 1. The van der Waals surface area contributed by atoms with Gasteiger partial charge in [0.15, 0.2) is 0 Å². The minimum Gasteiger partial charge on any atom is -0.337 e. The molecular formula is C15H24N2O4S. The molecule has 0 saturated carbocycles. The number of hydrogen-bond acceptors (Lipinski definition) is 5. The average molecular weight is 328 g/mol. The molecular weight excluding hydrogens is 304 g/mol. The quantitative estimate of drug-likeness (QED) is 0.488. The molecule has 1 rings (SSSR count). The van der Waals surface area contributed by atoms with E-state index in [1.54, 1.807) is 18.2 Å². The summed E-state index contributed by atoms with van der Waals surface area (Å²) >= 11 is 0. The van der Waals surface area contributed by atoms with Crippen molar-refractivity contribution in [1.82, 2.24) is 10.2 Å². The molecule has 0 spiro atoms. The first-order valence-corrected chi connectivity index (χ1v) is 8.14. The molecule has 22 heavy (non-hydrogen) atoms. The Morgan fingerprint density at radius 1 is 1.36 bits per heavy atom. The number of hydrogen-bond donors (Lipinski definition) is 1. The van der Waals surface area contributed by atoms with Crippen molar-refractivity contribution in [3.63, 3.8) is 0 Å². The fraction of sp³-hybridized carbons (Fsp3) is 0.400. The van der Waals surface area contributed by atoms with Gasteiger partial charge in [0.05, 0.1) is 18.2 Å². The van der Waals surface area contributed by atoms with E-state index in [1.165, 1.54) is 18.2 Å². The van der Waals surface area contributed by atoms with Crippen LogP contribution in [0.25, 0.3) is 0 Å². The van der Waals surface area contributed by atoms with E-state index in [9.17, 15) is 13.2 Å². The zero-order valence-electron chi connectivity index (χ0n) is 13.4. The van der Waals surface area contributed by atoms with E-state index < -0.39 is 10.1 Å². The first-order chi connectivity index (χ1) is 10.3. The van der Waals surface area contributed by atoms with E-state index in [0.29, 0.717) is 0 Å². The first-order valence-electron chi connectivity index (χ1n) is 6.73. The van der Waals surface area contributed by atoms with Gasteiger partial charge in [-0.3, -0.25) is 13.9 Å². The topological polar surface area (TPSA) is 75.7 Å². The molecule has 0 saturated heterocycles. The summed E-state index contributed by atoms with van der Waals surface area (Å²) in [4.78, 5) is 13.0. The highest BCUT2D eigenvalue weighted by atomic mass is 32.2. The zero-order chi connectivity index (χ0) is 17.2. The molecule has 0 aromatic heterocycles. The Morgan fingerprint density at radius 3 is 2.27 bits per heavy atom. The van der Waals surface area contributed by atoms with Crippen molar-refractivity contribution in [3.8, 4) is 0 Å². The normalized spacial score (nSPS) is 12.0. The lowest BCUT2D eigenvalue weighted by Gasteiger charge is -2.23. The van der Waals surface area contributed by atoms with Gasteiger partial charge < -0.3 is 5.32 Å². The molecule has 0 fully saturated rings. The molecule has 0 aliphatic rings. The minimum atomic E-state index is -3.50. The fourth-order valence-electron chi connectivity index (χ4n) is 1.50. The lowest BCUT2D eigenvalue weighted by molar-refractivity contribution is -0.118. The smallest absolute Gasteiger partial charge is 0.296 e. The Kier molecular flexibility index (Phi) is 9.32. The van der Waals surface area contributed by atoms with Gasteiger partial charge in [-0.1, -0.05) is 31.7 Å². The van der Waals surface area contributed by atoms with E-state index in [2.05, 4.69) is 16.1 Å². The standard InChI is InChI=1S/C8H16N2O.C7H8O3S/c1-5-7(10(3)4)9-8(11)6-2;1-10-11(8,9)7-5-3-2-4-6-7/h6-7H,2,5H2,1,3-4H3,(H,9,11);2-6H,1H3. The van der Waals surface area contributed by atoms with Crippen LogP contribution in [0.15, 0.2) is 47.9 Å². The monoisotopic (exact) mass is 328 g/mol. The van der Waals surface area contributed by atoms with Crippen LogP contribution in [0, 0.1) is 0 Å². The highest BCUT2D eigenvalue weighted by Gasteiger charge is 2.10. The fourth-order valence-corrected chi connectivity index (χ4v) is 2.19. The van der Waals surface area contributed by atoms with Crippen LogP contribution in [-0.4, -0.2) is 46.6 Å². The minimum absolute atomic E-state index is 0.112. The van der Waals surface area contributed by atoms with Crippen LogP contribution in [0.5, 0.6) is 0 Å². The number of amides is 1. The van der Waals surface area contributed by atoms with Gasteiger partial charge in [0.2, 0.25) is 5.91 Å². The van der Waals surface area contributed by atoms with Gasteiger partial charge in [-0.25, -0.2) is 0 Å². The maximum absolute atomic E-state index is 11.0. The summed E-state index contributed by atoms with van der Waals surface area (Å²) in [5, 5.41) is 2.78. The lowest BCUT2D eigenvalue weighted by atomic mass is 10.3. The van der Waals surface area contributed by atoms with Crippen LogP contribution < -0.4 is 5.32 Å². The van der Waals surface area contributed by atoms with Gasteiger partial charge in [0.1, 0.15) is 0 Å². The van der Waals surface area contributed by atoms with E-state index in [1.807, 2.05) is 25.9 Å². The van der Waals surface area contributed by atoms with Crippen LogP contribution in [-0.2, 0) is 19.1 Å². The van der Waals surface area contributed by atoms with Crippen LogP contribution in [0.4, 0.5) is 0 Å². The van der Waals surface area contributed by atoms with Crippen molar-refractivity contribution >= 4 is 16.0 Å². The molecule has 1 amide bonds. The number of nitrogens with zero attached hydrogens (tertiary/aromatic N) is 1. The van der Waals surface area contributed by atoms with Crippen molar-refractivity contribution in [3.05, 3.63) is 43.0 Å². The summed E-state index contributed by atoms with van der Waals surface area (Å²) in [5.74, 6) is -0.120. The number of carbonyl (C=O) groups is 1. The second-order valence-corrected chi connectivity index (χ2v) is 6.25. The molecule has 1 aromatic rings. The van der Waals surface area contributed by atoms with Crippen molar-refractivity contribution in [2.75, 3.05) is 21.2 Å². The Labute approximate surface area is 132 Å². The summed E-state index contributed by atoms with van der Waals surface area (Å²) in [6.07, 6.45) is 2.29. The van der Waals surface area contributed by atoms with Gasteiger partial charge in [-0.15, -0.1) is 0 Å². The third-order valence-corrected chi connectivity index (χ3v) is 4.04. The molecule has 1 atom stereocenters. The summed E-state index contributed by atoms with van der Waals surface area (Å²) < 4.78 is 26.3. The Balaban J connectivity index is 0.000000401. The molecule has 1 N–H and O–H groups in total. The number of rotatable bonds is 6. The summed E-state index contributed by atoms with van der Waals surface area (Å²) in [5.41, 5.74) is 0. The summed E-state index contributed by atoms with van der Waals surface area (Å²) in [6, 6.07) is 8.00. The maximum atomic E-state index is 11.0. The Hall–Kier alpha value is -1.70. The molecule has 1 aromatic carbocycles. The van der Waals surface area contributed by atoms with Crippen LogP contribution in [0.3, 0.4) is 0 Å². The number of benzene rings is 1. The first kappa shape index (κ1) is 20.3. The third-order valence-electron chi connectivity index (χ3n) is 2.76. The predicted octanol–water partition coefficient (Wildman–Crippen LogP) is 1.61. The summed E-state index contributed by atoms with van der Waals surface area (Å²) in [6.45, 7) is 5.40. The molecule has 0 aliphatic heterocycles. The van der Waals surface area contributed by atoms with Crippen molar-refractivity contribution in [2.24, 2.45) is 0 Å². The third kappa shape index (κ3) is 7.35. The molecule has 0 bridgehead atoms. The van der Waals surface area contributed by atoms with Crippen LogP contribution in [0.1, 0.15) is 13.3 Å². The highest BCUT2D eigenvalue weighted by molar-refractivity contribution is 7.86. The molecule has 6 nitrogen and oxygen atoms in total. The largest absolute Gasteiger partial charge is 0.337 e. The summed E-state index contributed by atoms with van der Waals surface area (Å²) in [7, 11) is 1.50. The highest BCUT2D eigenvalue weighted by Crippen LogP contribution is 2.09. The van der Waals surface area contributed by atoms with Crippen molar-refractivity contribution in [2.45, 2.75) is 24.4 Å². The van der Waals surface area contributed by atoms with Gasteiger partial charge in [-0.2, -0.15) is 8.42 Å². The molecule has 1 unspecified atom stereocenters. The molecule has 0 aliphatic carbocycles. The van der Waals surface area contributed by atoms with Gasteiger partial charge in [-0.05, 0) is 38.7 Å². The van der Waals surface area contributed by atoms with Crippen molar-refractivity contribution in [1.29, 1.82) is 0 Å². The van der Waals surface area contributed by atoms with Gasteiger partial charge in [0, 0.05) is 0 Å². The Morgan fingerprint density at radius 2 is 1.91 bits per heavy atom. The van der Waals surface area contributed by atoms with Crippen LogP contribution in [0.2, 0.25) is 0 Å². The average Bonchev–Trinajstić information content (AvgIpc) is 2.53. The molecule has 124 valence electrons. The maximum Gasteiger partial charge on any atom is 0.296 e. The van der Waals surface area contributed by atoms with Gasteiger partial charge in [0.25, 0.3) is 10.1 Å². The predicted molar refractivity (Wildman–Crippen MR) is 86.7 cm³/mol. The Bertz CT molecular complexity index is 556. The van der Waals surface area contributed by atoms with E-state index in [-0.39, 0.29) is 17.0 Å². The molecule has 0 radical (unpaired) electrons. The van der Waals surface area contributed by atoms with E-state index >= 15 is 0 Å². The number of carbonyl (C=O) groups excluding carboxylic acids is 1.